The maximum absolute atomic E-state index is 5.88. The van der Waals surface area contributed by atoms with Gasteiger partial charge in [0.15, 0.2) is 0 Å². The van der Waals surface area contributed by atoms with Crippen LogP contribution in [0.3, 0.4) is 0 Å². The molecule has 0 radical (unpaired) electrons. The van der Waals surface area contributed by atoms with E-state index in [2.05, 4.69) is 0 Å². The molecule has 0 spiro atoms. The van der Waals surface area contributed by atoms with E-state index in [1.54, 1.807) is 18.2 Å². The van der Waals surface area contributed by atoms with Crippen molar-refractivity contribution in [3.8, 4) is 5.75 Å². The van der Waals surface area contributed by atoms with Gasteiger partial charge in [0, 0.05) is 12.6 Å². The number of halogens is 2. The Balaban J connectivity index is 2.57. The summed E-state index contributed by atoms with van der Waals surface area (Å²) in [7, 11) is 3.94. The number of hydrogen-bond donors (Lipinski definition) is 1. The molecule has 16 heavy (non-hydrogen) atoms. The van der Waals surface area contributed by atoms with Gasteiger partial charge in [0.05, 0.1) is 16.1 Å². The van der Waals surface area contributed by atoms with Crippen LogP contribution in [0.15, 0.2) is 18.2 Å². The highest BCUT2D eigenvalue weighted by atomic mass is 35.5. The SMILES string of the molecule is CN(C)C(CN)COc1ccc(Cl)c(Cl)c1. The van der Waals surface area contributed by atoms with Crippen LogP contribution in [0.5, 0.6) is 5.75 Å². The van der Waals surface area contributed by atoms with Gasteiger partial charge in [-0.1, -0.05) is 23.2 Å². The summed E-state index contributed by atoms with van der Waals surface area (Å²) in [5.41, 5.74) is 5.62. The molecule has 0 aliphatic carbocycles. The Morgan fingerprint density at radius 3 is 2.50 bits per heavy atom. The smallest absolute Gasteiger partial charge is 0.120 e. The quantitative estimate of drug-likeness (QED) is 0.885. The molecule has 90 valence electrons. The van der Waals surface area contributed by atoms with Gasteiger partial charge in [0.2, 0.25) is 0 Å². The van der Waals surface area contributed by atoms with E-state index < -0.39 is 0 Å². The Morgan fingerprint density at radius 2 is 2.00 bits per heavy atom. The van der Waals surface area contributed by atoms with Crippen molar-refractivity contribution in [2.24, 2.45) is 5.73 Å². The Hall–Kier alpha value is -0.480. The summed E-state index contributed by atoms with van der Waals surface area (Å²) in [6.07, 6.45) is 0. The van der Waals surface area contributed by atoms with Crippen LogP contribution in [0, 0.1) is 0 Å². The molecule has 0 aromatic heterocycles. The van der Waals surface area contributed by atoms with Crippen LogP contribution >= 0.6 is 23.2 Å². The first-order chi connectivity index (χ1) is 7.54. The van der Waals surface area contributed by atoms with Crippen molar-refractivity contribution in [1.82, 2.24) is 4.90 Å². The molecule has 0 amide bonds. The molecule has 0 aliphatic heterocycles. The zero-order valence-electron chi connectivity index (χ0n) is 9.41. The third-order valence-electron chi connectivity index (χ3n) is 2.34. The van der Waals surface area contributed by atoms with Crippen molar-refractivity contribution in [1.29, 1.82) is 0 Å². The van der Waals surface area contributed by atoms with Crippen LogP contribution in [0.4, 0.5) is 0 Å². The first-order valence-electron chi connectivity index (χ1n) is 4.99. The summed E-state index contributed by atoms with van der Waals surface area (Å²) < 4.78 is 5.59. The van der Waals surface area contributed by atoms with E-state index in [1.807, 2.05) is 19.0 Å². The molecule has 0 saturated carbocycles. The monoisotopic (exact) mass is 262 g/mol. The van der Waals surface area contributed by atoms with Crippen LogP contribution < -0.4 is 10.5 Å². The van der Waals surface area contributed by atoms with E-state index in [4.69, 9.17) is 33.7 Å². The minimum absolute atomic E-state index is 0.189. The fourth-order valence-electron chi connectivity index (χ4n) is 1.19. The average molecular weight is 263 g/mol. The van der Waals surface area contributed by atoms with Gasteiger partial charge in [-0.05, 0) is 26.2 Å². The lowest BCUT2D eigenvalue weighted by Gasteiger charge is -2.22. The van der Waals surface area contributed by atoms with E-state index >= 15 is 0 Å². The molecular formula is C11H16Cl2N2O. The van der Waals surface area contributed by atoms with Crippen LogP contribution in [-0.2, 0) is 0 Å². The number of nitrogens with two attached hydrogens (primary N) is 1. The Kier molecular flexibility index (Phi) is 5.35. The maximum Gasteiger partial charge on any atom is 0.120 e. The molecule has 5 heteroatoms. The second kappa shape index (κ2) is 6.30. The maximum atomic E-state index is 5.88. The van der Waals surface area contributed by atoms with Crippen LogP contribution in [0.2, 0.25) is 10.0 Å². The van der Waals surface area contributed by atoms with Crippen LogP contribution in [-0.4, -0.2) is 38.2 Å². The van der Waals surface area contributed by atoms with E-state index in [0.717, 1.165) is 0 Å². The topological polar surface area (TPSA) is 38.5 Å². The van der Waals surface area contributed by atoms with Gasteiger partial charge >= 0.3 is 0 Å². The van der Waals surface area contributed by atoms with Gasteiger partial charge in [-0.25, -0.2) is 0 Å². The summed E-state index contributed by atoms with van der Waals surface area (Å²) >= 11 is 11.7. The Labute approximate surface area is 106 Å². The predicted molar refractivity (Wildman–Crippen MR) is 68.5 cm³/mol. The van der Waals surface area contributed by atoms with Gasteiger partial charge in [-0.3, -0.25) is 0 Å². The highest BCUT2D eigenvalue weighted by Gasteiger charge is 2.10. The van der Waals surface area contributed by atoms with Gasteiger partial charge in [-0.15, -0.1) is 0 Å². The molecule has 3 nitrogen and oxygen atoms in total. The molecule has 1 aromatic rings. The number of nitrogens with zero attached hydrogens (tertiary/aromatic N) is 1. The number of rotatable bonds is 5. The lowest BCUT2D eigenvalue weighted by molar-refractivity contribution is 0.190. The van der Waals surface area contributed by atoms with E-state index in [9.17, 15) is 0 Å². The molecular weight excluding hydrogens is 247 g/mol. The molecule has 1 atom stereocenters. The molecule has 1 unspecified atom stereocenters. The van der Waals surface area contributed by atoms with Crippen molar-refractivity contribution in [3.05, 3.63) is 28.2 Å². The summed E-state index contributed by atoms with van der Waals surface area (Å²) in [6, 6.07) is 5.39. The molecule has 0 heterocycles. The minimum Gasteiger partial charge on any atom is -0.492 e. The van der Waals surface area contributed by atoms with Crippen molar-refractivity contribution in [2.45, 2.75) is 6.04 Å². The minimum atomic E-state index is 0.189. The summed E-state index contributed by atoms with van der Waals surface area (Å²) in [6.45, 7) is 1.08. The number of hydrogen-bond acceptors (Lipinski definition) is 3. The molecule has 0 saturated heterocycles. The van der Waals surface area contributed by atoms with Gasteiger partial charge in [-0.2, -0.15) is 0 Å². The highest BCUT2D eigenvalue weighted by Crippen LogP contribution is 2.26. The van der Waals surface area contributed by atoms with Gasteiger partial charge in [0.25, 0.3) is 0 Å². The Bertz CT molecular complexity index is 345. The van der Waals surface area contributed by atoms with Gasteiger partial charge in [0.1, 0.15) is 12.4 Å². The standard InChI is InChI=1S/C11H16Cl2N2O/c1-15(2)8(6-14)7-16-9-3-4-10(12)11(13)5-9/h3-5,8H,6-7,14H2,1-2H3. The zero-order valence-corrected chi connectivity index (χ0v) is 10.9. The van der Waals surface area contributed by atoms with Crippen LogP contribution in [0.1, 0.15) is 0 Å². The predicted octanol–water partition coefficient (Wildman–Crippen LogP) is 2.26. The second-order valence-electron chi connectivity index (χ2n) is 3.74. The molecule has 0 bridgehead atoms. The number of benzene rings is 1. The van der Waals surface area contributed by atoms with Crippen molar-refractivity contribution in [3.63, 3.8) is 0 Å². The van der Waals surface area contributed by atoms with Crippen molar-refractivity contribution >= 4 is 23.2 Å². The number of likely N-dealkylation sites (N-methyl/N-ethyl adjacent to an activating group) is 1. The average Bonchev–Trinajstić information content (AvgIpc) is 2.23. The lowest BCUT2D eigenvalue weighted by Crippen LogP contribution is -2.39. The van der Waals surface area contributed by atoms with Gasteiger partial charge < -0.3 is 15.4 Å². The third-order valence-corrected chi connectivity index (χ3v) is 3.07. The lowest BCUT2D eigenvalue weighted by atomic mass is 10.3. The van der Waals surface area contributed by atoms with E-state index in [0.29, 0.717) is 28.9 Å². The fourth-order valence-corrected chi connectivity index (χ4v) is 1.48. The summed E-state index contributed by atoms with van der Waals surface area (Å²) in [5, 5.41) is 1.02. The normalized spacial score (nSPS) is 12.9. The molecule has 2 N–H and O–H groups in total. The highest BCUT2D eigenvalue weighted by molar-refractivity contribution is 6.42. The molecule has 1 rings (SSSR count). The second-order valence-corrected chi connectivity index (χ2v) is 4.55. The van der Waals surface area contributed by atoms with Crippen LogP contribution in [0.25, 0.3) is 0 Å². The van der Waals surface area contributed by atoms with E-state index in [-0.39, 0.29) is 6.04 Å². The number of ether oxygens (including phenoxy) is 1. The summed E-state index contributed by atoms with van der Waals surface area (Å²) in [5.74, 6) is 0.703. The first-order valence-corrected chi connectivity index (χ1v) is 5.74. The van der Waals surface area contributed by atoms with Crippen molar-refractivity contribution in [2.75, 3.05) is 27.2 Å². The van der Waals surface area contributed by atoms with Crippen molar-refractivity contribution < 1.29 is 4.74 Å². The molecule has 0 aliphatic rings. The largest absolute Gasteiger partial charge is 0.492 e. The summed E-state index contributed by atoms with van der Waals surface area (Å²) in [4.78, 5) is 2.03. The zero-order chi connectivity index (χ0) is 12.1. The third kappa shape index (κ3) is 3.83. The Morgan fingerprint density at radius 1 is 1.31 bits per heavy atom. The molecule has 1 aromatic carbocycles. The fraction of sp³-hybridized carbons (Fsp3) is 0.455. The first kappa shape index (κ1) is 13.6. The molecule has 0 fully saturated rings. The van der Waals surface area contributed by atoms with E-state index in [1.165, 1.54) is 0 Å².